The maximum absolute atomic E-state index is 13.4. The molecule has 3 aromatic carbocycles. The summed E-state index contributed by atoms with van der Waals surface area (Å²) in [5, 5.41) is 7.20. The second kappa shape index (κ2) is 8.79. The third kappa shape index (κ3) is 3.91. The van der Waals surface area contributed by atoms with Crippen LogP contribution in [-0.4, -0.2) is 21.6 Å². The topological polar surface area (TPSA) is 65.5 Å². The molecule has 0 fully saturated rings. The highest BCUT2D eigenvalue weighted by Crippen LogP contribution is 2.37. The Kier molecular flexibility index (Phi) is 5.68. The summed E-state index contributed by atoms with van der Waals surface area (Å²) in [5.41, 5.74) is 4.43. The molecule has 0 radical (unpaired) electrons. The number of halogens is 1. The van der Waals surface area contributed by atoms with E-state index in [1.54, 1.807) is 5.01 Å². The maximum atomic E-state index is 13.4. The average Bonchev–Trinajstić information content (AvgIpc) is 3.29. The molecule has 1 aliphatic heterocycles. The summed E-state index contributed by atoms with van der Waals surface area (Å²) >= 11 is 3.57. The number of nitrogens with one attached hydrogen (secondary N) is 1. The highest BCUT2D eigenvalue weighted by Gasteiger charge is 2.34. The van der Waals surface area contributed by atoms with Gasteiger partial charge in [-0.1, -0.05) is 83.5 Å². The normalized spacial score (nSPS) is 15.6. The first-order valence-electron chi connectivity index (χ1n) is 10.9. The molecule has 0 aliphatic carbocycles. The van der Waals surface area contributed by atoms with Crippen molar-refractivity contribution in [1.82, 2.24) is 9.99 Å². The maximum Gasteiger partial charge on any atom is 0.258 e. The zero-order valence-electron chi connectivity index (χ0n) is 18.1. The van der Waals surface area contributed by atoms with Gasteiger partial charge in [0.25, 0.3) is 5.56 Å². The van der Waals surface area contributed by atoms with Crippen molar-refractivity contribution in [1.29, 1.82) is 0 Å². The van der Waals surface area contributed by atoms with E-state index in [9.17, 15) is 9.59 Å². The fourth-order valence-corrected chi connectivity index (χ4v) is 4.79. The second-order valence-corrected chi connectivity index (χ2v) is 8.94. The van der Waals surface area contributed by atoms with Gasteiger partial charge in [0.15, 0.2) is 0 Å². The Bertz CT molecular complexity index is 1430. The van der Waals surface area contributed by atoms with Crippen molar-refractivity contribution in [3.63, 3.8) is 0 Å². The molecule has 33 heavy (non-hydrogen) atoms. The van der Waals surface area contributed by atoms with E-state index in [2.05, 4.69) is 20.9 Å². The van der Waals surface area contributed by atoms with Crippen LogP contribution in [0.1, 0.15) is 36.9 Å². The molecule has 1 amide bonds. The molecule has 0 bridgehead atoms. The standard InChI is InChI=1S/C27H22BrN3O2/c1-2-24(32)31-23(17-9-5-3-6-10-17)16-22(30-31)26-25(18-11-7-4-8-12-18)20-15-19(28)13-14-21(20)29-27(26)33/h3-15,23H,2,16H2,1H3,(H,29,33). The van der Waals surface area contributed by atoms with Crippen molar-refractivity contribution in [3.05, 3.63) is 105 Å². The van der Waals surface area contributed by atoms with E-state index in [0.717, 1.165) is 32.1 Å². The SMILES string of the molecule is CCC(=O)N1N=C(c2c(-c3ccccc3)c3cc(Br)ccc3[nH]c2=O)CC1c1ccccc1. The molecule has 4 aromatic rings. The molecule has 5 nitrogen and oxygen atoms in total. The molecule has 0 spiro atoms. The summed E-state index contributed by atoms with van der Waals surface area (Å²) in [7, 11) is 0. The number of hydrazone groups is 1. The number of hydrogen-bond donors (Lipinski definition) is 1. The van der Waals surface area contributed by atoms with E-state index in [0.29, 0.717) is 24.1 Å². The predicted octanol–water partition coefficient (Wildman–Crippen LogP) is 6.05. The molecule has 0 saturated heterocycles. The van der Waals surface area contributed by atoms with Crippen LogP contribution in [0.2, 0.25) is 0 Å². The van der Waals surface area contributed by atoms with Gasteiger partial charge in [-0.2, -0.15) is 5.10 Å². The predicted molar refractivity (Wildman–Crippen MR) is 135 cm³/mol. The minimum absolute atomic E-state index is 0.0694. The molecule has 1 atom stereocenters. The molecule has 1 aromatic heterocycles. The van der Waals surface area contributed by atoms with Gasteiger partial charge in [-0.05, 0) is 29.3 Å². The van der Waals surface area contributed by atoms with Crippen LogP contribution in [0.25, 0.3) is 22.0 Å². The van der Waals surface area contributed by atoms with Crippen molar-refractivity contribution in [2.45, 2.75) is 25.8 Å². The van der Waals surface area contributed by atoms with Gasteiger partial charge >= 0.3 is 0 Å². The van der Waals surface area contributed by atoms with Gasteiger partial charge in [0.2, 0.25) is 5.91 Å². The van der Waals surface area contributed by atoms with Crippen LogP contribution in [0.15, 0.2) is 93.2 Å². The van der Waals surface area contributed by atoms with E-state index in [1.165, 1.54) is 0 Å². The Morgan fingerprint density at radius 3 is 2.42 bits per heavy atom. The Hall–Kier alpha value is -3.51. The Balaban J connectivity index is 1.75. The number of aromatic amines is 1. The molecular formula is C27H22BrN3O2. The van der Waals surface area contributed by atoms with Crippen LogP contribution < -0.4 is 5.56 Å². The smallest absolute Gasteiger partial charge is 0.258 e. The van der Waals surface area contributed by atoms with E-state index >= 15 is 0 Å². The fraction of sp³-hybridized carbons (Fsp3) is 0.148. The summed E-state index contributed by atoms with van der Waals surface area (Å²) in [5.74, 6) is -0.0694. The summed E-state index contributed by atoms with van der Waals surface area (Å²) in [6, 6.07) is 25.3. The van der Waals surface area contributed by atoms with E-state index in [4.69, 9.17) is 5.10 Å². The zero-order valence-corrected chi connectivity index (χ0v) is 19.7. The monoisotopic (exact) mass is 499 g/mol. The summed E-state index contributed by atoms with van der Waals surface area (Å²) in [6.07, 6.45) is 0.810. The molecule has 0 saturated carbocycles. The number of benzene rings is 3. The quantitative estimate of drug-likeness (QED) is 0.371. The molecular weight excluding hydrogens is 478 g/mol. The lowest BCUT2D eigenvalue weighted by Crippen LogP contribution is -2.26. The van der Waals surface area contributed by atoms with E-state index in [1.807, 2.05) is 85.8 Å². The van der Waals surface area contributed by atoms with Crippen molar-refractivity contribution < 1.29 is 4.79 Å². The molecule has 1 unspecified atom stereocenters. The Morgan fingerprint density at radius 1 is 1.03 bits per heavy atom. The largest absolute Gasteiger partial charge is 0.321 e. The van der Waals surface area contributed by atoms with E-state index in [-0.39, 0.29) is 17.5 Å². The fourth-order valence-electron chi connectivity index (χ4n) is 4.43. The van der Waals surface area contributed by atoms with Crippen molar-refractivity contribution in [2.75, 3.05) is 0 Å². The third-order valence-corrected chi connectivity index (χ3v) is 6.47. The van der Waals surface area contributed by atoms with Crippen molar-refractivity contribution in [3.8, 4) is 11.1 Å². The first kappa shape index (κ1) is 21.3. The first-order chi connectivity index (χ1) is 16.1. The van der Waals surface area contributed by atoms with Gasteiger partial charge in [-0.3, -0.25) is 9.59 Å². The number of fused-ring (bicyclic) bond motifs is 1. The van der Waals surface area contributed by atoms with Gasteiger partial charge in [0.05, 0.1) is 17.3 Å². The van der Waals surface area contributed by atoms with Crippen molar-refractivity contribution >= 4 is 38.5 Å². The molecule has 1 aliphatic rings. The second-order valence-electron chi connectivity index (χ2n) is 8.03. The lowest BCUT2D eigenvalue weighted by atomic mass is 9.91. The Morgan fingerprint density at radius 2 is 1.73 bits per heavy atom. The Labute approximate surface area is 199 Å². The van der Waals surface area contributed by atoms with Crippen LogP contribution in [0.4, 0.5) is 0 Å². The van der Waals surface area contributed by atoms with Gasteiger partial charge in [0.1, 0.15) is 0 Å². The van der Waals surface area contributed by atoms with Crippen LogP contribution in [0.5, 0.6) is 0 Å². The zero-order chi connectivity index (χ0) is 22.9. The number of hydrogen-bond acceptors (Lipinski definition) is 3. The number of carbonyl (C=O) groups excluding carboxylic acids is 1. The number of aromatic nitrogens is 1. The number of nitrogens with zero attached hydrogens (tertiary/aromatic N) is 2. The highest BCUT2D eigenvalue weighted by molar-refractivity contribution is 9.10. The number of pyridine rings is 1. The van der Waals surface area contributed by atoms with Gasteiger partial charge in [-0.15, -0.1) is 0 Å². The summed E-state index contributed by atoms with van der Waals surface area (Å²) in [4.78, 5) is 29.3. The van der Waals surface area contributed by atoms with Gasteiger partial charge in [-0.25, -0.2) is 5.01 Å². The molecule has 2 heterocycles. The molecule has 5 rings (SSSR count). The van der Waals surface area contributed by atoms with Crippen molar-refractivity contribution in [2.24, 2.45) is 5.10 Å². The minimum atomic E-state index is -0.241. The third-order valence-electron chi connectivity index (χ3n) is 5.98. The highest BCUT2D eigenvalue weighted by atomic mass is 79.9. The molecule has 1 N–H and O–H groups in total. The first-order valence-corrected chi connectivity index (χ1v) is 11.7. The van der Waals surface area contributed by atoms with E-state index < -0.39 is 0 Å². The molecule has 6 heteroatoms. The van der Waals surface area contributed by atoms with Crippen LogP contribution in [0.3, 0.4) is 0 Å². The van der Waals surface area contributed by atoms with Crippen LogP contribution in [-0.2, 0) is 4.79 Å². The minimum Gasteiger partial charge on any atom is -0.321 e. The average molecular weight is 500 g/mol. The lowest BCUT2D eigenvalue weighted by molar-refractivity contribution is -0.132. The van der Waals surface area contributed by atoms with Gasteiger partial charge in [0, 0.05) is 33.8 Å². The van der Waals surface area contributed by atoms with Crippen LogP contribution >= 0.6 is 15.9 Å². The van der Waals surface area contributed by atoms with Crippen LogP contribution in [0, 0.1) is 0 Å². The number of amides is 1. The molecule has 164 valence electrons. The van der Waals surface area contributed by atoms with Gasteiger partial charge < -0.3 is 4.98 Å². The number of carbonyl (C=O) groups is 1. The number of rotatable bonds is 4. The summed E-state index contributed by atoms with van der Waals surface area (Å²) in [6.45, 7) is 1.83. The number of H-pyrrole nitrogens is 1. The lowest BCUT2D eigenvalue weighted by Gasteiger charge is -2.21. The summed E-state index contributed by atoms with van der Waals surface area (Å²) < 4.78 is 0.920.